The molecule has 0 aromatic heterocycles. The molecule has 188 valence electrons. The first-order valence-corrected chi connectivity index (χ1v) is 13.7. The van der Waals surface area contributed by atoms with Crippen molar-refractivity contribution in [3.05, 3.63) is 24.3 Å². The summed E-state index contributed by atoms with van der Waals surface area (Å²) in [6, 6.07) is 8.01. The van der Waals surface area contributed by atoms with Crippen molar-refractivity contribution in [1.82, 2.24) is 0 Å². The van der Waals surface area contributed by atoms with Crippen molar-refractivity contribution >= 4 is 11.5 Å². The molecule has 1 aromatic carbocycles. The van der Waals surface area contributed by atoms with Crippen LogP contribution in [0, 0.1) is 40.4 Å². The first-order valence-electron chi connectivity index (χ1n) is 13.7. The zero-order chi connectivity index (χ0) is 24.3. The number of hydrogen-bond acceptors (Lipinski definition) is 4. The summed E-state index contributed by atoms with van der Waals surface area (Å²) in [4.78, 5) is 15.5. The third-order valence-corrected chi connectivity index (χ3v) is 11.1. The Morgan fingerprint density at radius 1 is 0.941 bits per heavy atom. The Kier molecular flexibility index (Phi) is 6.06. The molecule has 8 atom stereocenters. The number of nitrogens with zero attached hydrogens (tertiary/aromatic N) is 1. The summed E-state index contributed by atoms with van der Waals surface area (Å²) in [5.41, 5.74) is 1.15. The van der Waals surface area contributed by atoms with Crippen molar-refractivity contribution in [3.8, 4) is 5.75 Å². The molecule has 4 nitrogen and oxygen atoms in total. The summed E-state index contributed by atoms with van der Waals surface area (Å²) < 4.78 is 5.96. The van der Waals surface area contributed by atoms with E-state index in [2.05, 4.69) is 18.7 Å². The summed E-state index contributed by atoms with van der Waals surface area (Å²) >= 11 is 0. The van der Waals surface area contributed by atoms with E-state index >= 15 is 0 Å². The second kappa shape index (κ2) is 8.54. The summed E-state index contributed by atoms with van der Waals surface area (Å²) in [5.74, 6) is 4.06. The van der Waals surface area contributed by atoms with Gasteiger partial charge in [-0.3, -0.25) is 4.79 Å². The van der Waals surface area contributed by atoms with Gasteiger partial charge in [-0.1, -0.05) is 13.8 Å². The van der Waals surface area contributed by atoms with Crippen molar-refractivity contribution in [2.24, 2.45) is 40.4 Å². The second-order valence-electron chi connectivity index (χ2n) is 13.2. The molecule has 0 radical (unpaired) electrons. The van der Waals surface area contributed by atoms with Gasteiger partial charge in [-0.15, -0.1) is 0 Å². The monoisotopic (exact) mass is 467 g/mol. The number of aliphatic hydroxyl groups is 1. The number of hydrogen-bond donors (Lipinski definition) is 1. The maximum atomic E-state index is 13.4. The van der Waals surface area contributed by atoms with Crippen LogP contribution in [0.2, 0.25) is 0 Å². The van der Waals surface area contributed by atoms with Crippen LogP contribution in [0.3, 0.4) is 0 Å². The lowest BCUT2D eigenvalue weighted by atomic mass is 9.44. The van der Waals surface area contributed by atoms with E-state index in [0.29, 0.717) is 23.0 Å². The molecular weight excluding hydrogens is 422 g/mol. The zero-order valence-electron chi connectivity index (χ0n) is 22.0. The van der Waals surface area contributed by atoms with Gasteiger partial charge in [0, 0.05) is 25.7 Å². The van der Waals surface area contributed by atoms with Crippen LogP contribution in [0.1, 0.15) is 78.6 Å². The van der Waals surface area contributed by atoms with Gasteiger partial charge in [0.1, 0.15) is 12.4 Å². The fraction of sp³-hybridized carbons (Fsp3) is 0.767. The van der Waals surface area contributed by atoms with Gasteiger partial charge in [0.25, 0.3) is 0 Å². The first kappa shape index (κ1) is 24.2. The number of carbonyl (C=O) groups excluding carboxylic acids is 1. The van der Waals surface area contributed by atoms with E-state index in [9.17, 15) is 9.90 Å². The van der Waals surface area contributed by atoms with Crippen molar-refractivity contribution in [3.63, 3.8) is 0 Å². The van der Waals surface area contributed by atoms with Gasteiger partial charge >= 0.3 is 0 Å². The first-order chi connectivity index (χ1) is 16.0. The largest absolute Gasteiger partial charge is 0.486 e. The van der Waals surface area contributed by atoms with E-state index in [4.69, 9.17) is 4.74 Å². The Hall–Kier alpha value is -1.55. The lowest BCUT2D eigenvalue weighted by molar-refractivity contribution is -0.151. The molecule has 1 N–H and O–H groups in total. The molecule has 0 amide bonds. The minimum absolute atomic E-state index is 0.125. The SMILES string of the molecule is CN(C)c1ccc(OCC(=O)[C@H]2CC[C@H]3[C@@H]4CC[C@H]5C[C@](C)(O)CC[C@]5(C)[C@H]4CC[C@]23C)cc1. The molecule has 0 bridgehead atoms. The predicted molar refractivity (Wildman–Crippen MR) is 137 cm³/mol. The molecule has 34 heavy (non-hydrogen) atoms. The van der Waals surface area contributed by atoms with E-state index in [1.165, 1.54) is 32.1 Å². The zero-order valence-corrected chi connectivity index (χ0v) is 22.0. The highest BCUT2D eigenvalue weighted by atomic mass is 16.5. The number of carbonyl (C=O) groups is 1. The second-order valence-corrected chi connectivity index (χ2v) is 13.2. The average Bonchev–Trinajstić information content (AvgIpc) is 3.15. The number of ketones is 1. The molecule has 4 aliphatic rings. The molecule has 0 heterocycles. The van der Waals surface area contributed by atoms with Gasteiger partial charge in [-0.2, -0.15) is 0 Å². The minimum Gasteiger partial charge on any atom is -0.486 e. The lowest BCUT2D eigenvalue weighted by Gasteiger charge is -2.61. The standard InChI is InChI=1S/C30H45NO3/c1-28(33)16-17-29(2)20(18-28)6-11-23-24-12-13-26(30(24,3)15-14-25(23)29)27(32)19-34-22-9-7-21(8-10-22)31(4)5/h7-10,20,23-26,33H,6,11-19H2,1-5H3/t20-,23-,24-,25-,26+,28+,29-,30-/m0/s1. The highest BCUT2D eigenvalue weighted by Crippen LogP contribution is 2.68. The highest BCUT2D eigenvalue weighted by molar-refractivity contribution is 5.83. The Labute approximate surface area is 206 Å². The number of ether oxygens (including phenoxy) is 1. The number of Topliss-reactive ketones (excluding diaryl/α,β-unsaturated/α-hetero) is 1. The fourth-order valence-electron chi connectivity index (χ4n) is 9.06. The Morgan fingerprint density at radius 3 is 2.35 bits per heavy atom. The molecule has 0 saturated heterocycles. The Balaban J connectivity index is 1.26. The quantitative estimate of drug-likeness (QED) is 0.568. The van der Waals surface area contributed by atoms with Gasteiger partial charge in [0.05, 0.1) is 5.60 Å². The average molecular weight is 468 g/mol. The minimum atomic E-state index is -0.474. The molecule has 0 aliphatic heterocycles. The van der Waals surface area contributed by atoms with E-state index < -0.39 is 5.60 Å². The Morgan fingerprint density at radius 2 is 1.65 bits per heavy atom. The predicted octanol–water partition coefficient (Wildman–Crippen LogP) is 6.11. The summed E-state index contributed by atoms with van der Waals surface area (Å²) in [6.07, 6.45) is 10.3. The van der Waals surface area contributed by atoms with Gasteiger partial charge in [0.15, 0.2) is 5.78 Å². The smallest absolute Gasteiger partial charge is 0.173 e. The van der Waals surface area contributed by atoms with Crippen LogP contribution >= 0.6 is 0 Å². The van der Waals surface area contributed by atoms with Crippen LogP contribution in [0.15, 0.2) is 24.3 Å². The molecule has 1 aromatic rings. The van der Waals surface area contributed by atoms with Gasteiger partial charge in [0.2, 0.25) is 0 Å². The van der Waals surface area contributed by atoms with Crippen molar-refractivity contribution in [2.75, 3.05) is 25.6 Å². The fourth-order valence-corrected chi connectivity index (χ4v) is 9.06. The number of rotatable bonds is 5. The molecular formula is C30H45NO3. The molecule has 0 unspecified atom stereocenters. The maximum Gasteiger partial charge on any atom is 0.173 e. The third-order valence-electron chi connectivity index (χ3n) is 11.1. The normalized spacial score (nSPS) is 43.4. The van der Waals surface area contributed by atoms with Crippen LogP contribution in [-0.2, 0) is 4.79 Å². The van der Waals surface area contributed by atoms with Crippen LogP contribution in [0.4, 0.5) is 5.69 Å². The summed E-state index contributed by atoms with van der Waals surface area (Å²) in [5, 5.41) is 10.7. The maximum absolute atomic E-state index is 13.4. The van der Waals surface area contributed by atoms with E-state index in [1.807, 2.05) is 45.3 Å². The molecule has 4 heteroatoms. The Bertz CT molecular complexity index is 908. The van der Waals surface area contributed by atoms with E-state index in [1.54, 1.807) is 0 Å². The van der Waals surface area contributed by atoms with Crippen LogP contribution < -0.4 is 9.64 Å². The molecule has 4 saturated carbocycles. The lowest BCUT2D eigenvalue weighted by Crippen LogP contribution is -2.55. The van der Waals surface area contributed by atoms with Crippen LogP contribution in [-0.4, -0.2) is 37.2 Å². The molecule has 5 rings (SSSR count). The van der Waals surface area contributed by atoms with Gasteiger partial charge in [-0.05, 0) is 123 Å². The molecule has 4 aliphatic carbocycles. The van der Waals surface area contributed by atoms with Gasteiger partial charge < -0.3 is 14.7 Å². The topological polar surface area (TPSA) is 49.8 Å². The number of fused-ring (bicyclic) bond motifs is 5. The van der Waals surface area contributed by atoms with Crippen LogP contribution in [0.5, 0.6) is 5.75 Å². The van der Waals surface area contributed by atoms with Crippen molar-refractivity contribution in [2.45, 2.75) is 84.2 Å². The highest BCUT2D eigenvalue weighted by Gasteiger charge is 2.61. The third kappa shape index (κ3) is 3.98. The molecule has 0 spiro atoms. The van der Waals surface area contributed by atoms with Crippen molar-refractivity contribution < 1.29 is 14.6 Å². The van der Waals surface area contributed by atoms with Crippen LogP contribution in [0.25, 0.3) is 0 Å². The summed E-state index contributed by atoms with van der Waals surface area (Å²) in [7, 11) is 4.05. The van der Waals surface area contributed by atoms with E-state index in [-0.39, 0.29) is 17.9 Å². The van der Waals surface area contributed by atoms with E-state index in [0.717, 1.165) is 49.0 Å². The number of anilines is 1. The van der Waals surface area contributed by atoms with Crippen molar-refractivity contribution in [1.29, 1.82) is 0 Å². The number of benzene rings is 1. The molecule has 4 fully saturated rings. The van der Waals surface area contributed by atoms with Gasteiger partial charge in [-0.25, -0.2) is 0 Å². The summed E-state index contributed by atoms with van der Waals surface area (Å²) in [6.45, 7) is 7.20.